The number of para-hydroxylation sites is 2. The summed E-state index contributed by atoms with van der Waals surface area (Å²) in [4.78, 5) is 4.70. The van der Waals surface area contributed by atoms with Crippen molar-refractivity contribution in [3.05, 3.63) is 30.1 Å². The van der Waals surface area contributed by atoms with Crippen molar-refractivity contribution >= 4 is 22.8 Å². The first kappa shape index (κ1) is 12.1. The molecular weight excluding hydrogens is 242 g/mol. The Bertz CT molecular complexity index is 543. The third kappa shape index (κ3) is 2.15. The highest BCUT2D eigenvalue weighted by Gasteiger charge is 2.24. The molecular formula is C14H19N3S. The SMILES string of the molecule is Cn1c(CC(N)C2CCSC2)nc2ccccc21. The Kier molecular flexibility index (Phi) is 3.31. The quantitative estimate of drug-likeness (QED) is 0.921. The van der Waals surface area contributed by atoms with E-state index >= 15 is 0 Å². The van der Waals surface area contributed by atoms with Gasteiger partial charge in [-0.05, 0) is 36.0 Å². The van der Waals surface area contributed by atoms with Gasteiger partial charge in [-0.15, -0.1) is 0 Å². The molecule has 1 aliphatic rings. The van der Waals surface area contributed by atoms with E-state index in [0.717, 1.165) is 17.8 Å². The van der Waals surface area contributed by atoms with Crippen LogP contribution >= 0.6 is 11.8 Å². The molecule has 4 heteroatoms. The fraction of sp³-hybridized carbons (Fsp3) is 0.500. The van der Waals surface area contributed by atoms with Crippen LogP contribution in [-0.2, 0) is 13.5 Å². The average Bonchev–Trinajstić information content (AvgIpc) is 3.00. The molecule has 0 spiro atoms. The molecule has 3 nitrogen and oxygen atoms in total. The lowest BCUT2D eigenvalue weighted by Crippen LogP contribution is -2.33. The fourth-order valence-electron chi connectivity index (χ4n) is 2.65. The molecule has 0 saturated carbocycles. The first-order chi connectivity index (χ1) is 8.75. The predicted molar refractivity (Wildman–Crippen MR) is 77.8 cm³/mol. The van der Waals surface area contributed by atoms with E-state index in [-0.39, 0.29) is 6.04 Å². The molecule has 0 aliphatic carbocycles. The normalized spacial score (nSPS) is 21.6. The molecule has 0 radical (unpaired) electrons. The minimum absolute atomic E-state index is 0.246. The summed E-state index contributed by atoms with van der Waals surface area (Å²) in [7, 11) is 2.08. The highest BCUT2D eigenvalue weighted by molar-refractivity contribution is 7.99. The molecule has 1 aromatic heterocycles. The van der Waals surface area contributed by atoms with Crippen LogP contribution in [0.1, 0.15) is 12.2 Å². The molecule has 18 heavy (non-hydrogen) atoms. The zero-order valence-corrected chi connectivity index (χ0v) is 11.5. The Balaban J connectivity index is 1.83. The summed E-state index contributed by atoms with van der Waals surface area (Å²) in [5, 5.41) is 0. The van der Waals surface area contributed by atoms with E-state index < -0.39 is 0 Å². The first-order valence-electron chi connectivity index (χ1n) is 6.49. The predicted octanol–water partition coefficient (Wildman–Crippen LogP) is 2.20. The van der Waals surface area contributed by atoms with Crippen molar-refractivity contribution in [3.8, 4) is 0 Å². The summed E-state index contributed by atoms with van der Waals surface area (Å²) in [6, 6.07) is 8.52. The number of rotatable bonds is 3. The molecule has 1 aliphatic heterocycles. The average molecular weight is 261 g/mol. The van der Waals surface area contributed by atoms with E-state index in [9.17, 15) is 0 Å². The maximum Gasteiger partial charge on any atom is 0.111 e. The van der Waals surface area contributed by atoms with E-state index in [1.54, 1.807) is 0 Å². The van der Waals surface area contributed by atoms with Crippen LogP contribution in [0.4, 0.5) is 0 Å². The van der Waals surface area contributed by atoms with Crippen LogP contribution in [0.15, 0.2) is 24.3 Å². The van der Waals surface area contributed by atoms with Crippen molar-refractivity contribution in [1.82, 2.24) is 9.55 Å². The lowest BCUT2D eigenvalue weighted by molar-refractivity contribution is 0.452. The van der Waals surface area contributed by atoms with Crippen LogP contribution in [0, 0.1) is 5.92 Å². The van der Waals surface area contributed by atoms with Crippen molar-refractivity contribution in [2.24, 2.45) is 18.7 Å². The second-order valence-corrected chi connectivity index (χ2v) is 6.22. The van der Waals surface area contributed by atoms with Crippen molar-refractivity contribution in [2.75, 3.05) is 11.5 Å². The number of hydrogen-bond donors (Lipinski definition) is 1. The molecule has 1 aromatic carbocycles. The third-order valence-corrected chi connectivity index (χ3v) is 5.06. The zero-order chi connectivity index (χ0) is 12.5. The number of nitrogens with two attached hydrogens (primary N) is 1. The summed E-state index contributed by atoms with van der Waals surface area (Å²) < 4.78 is 2.18. The summed E-state index contributed by atoms with van der Waals surface area (Å²) in [6.07, 6.45) is 2.15. The van der Waals surface area contributed by atoms with Crippen LogP contribution in [0.3, 0.4) is 0 Å². The van der Waals surface area contributed by atoms with Gasteiger partial charge in [-0.3, -0.25) is 0 Å². The van der Waals surface area contributed by atoms with E-state index in [2.05, 4.69) is 29.8 Å². The highest BCUT2D eigenvalue weighted by Crippen LogP contribution is 2.27. The number of imidazole rings is 1. The Hall–Kier alpha value is -1.00. The molecule has 96 valence electrons. The summed E-state index contributed by atoms with van der Waals surface area (Å²) in [6.45, 7) is 0. The molecule has 2 heterocycles. The van der Waals surface area contributed by atoms with Crippen molar-refractivity contribution in [2.45, 2.75) is 18.9 Å². The monoisotopic (exact) mass is 261 g/mol. The minimum atomic E-state index is 0.246. The van der Waals surface area contributed by atoms with Crippen molar-refractivity contribution in [1.29, 1.82) is 0 Å². The molecule has 0 amide bonds. The summed E-state index contributed by atoms with van der Waals surface area (Å²) >= 11 is 2.02. The number of nitrogens with zero attached hydrogens (tertiary/aromatic N) is 2. The topological polar surface area (TPSA) is 43.8 Å². The number of thioether (sulfide) groups is 1. The Morgan fingerprint density at radius 3 is 3.06 bits per heavy atom. The van der Waals surface area contributed by atoms with Gasteiger partial charge in [0.2, 0.25) is 0 Å². The van der Waals surface area contributed by atoms with Crippen LogP contribution in [0.5, 0.6) is 0 Å². The van der Waals surface area contributed by atoms with Gasteiger partial charge >= 0.3 is 0 Å². The zero-order valence-electron chi connectivity index (χ0n) is 10.7. The van der Waals surface area contributed by atoms with Gasteiger partial charge in [-0.2, -0.15) is 11.8 Å². The Morgan fingerprint density at radius 1 is 1.50 bits per heavy atom. The van der Waals surface area contributed by atoms with Gasteiger partial charge in [-0.1, -0.05) is 12.1 Å². The van der Waals surface area contributed by atoms with E-state index in [4.69, 9.17) is 10.7 Å². The Morgan fingerprint density at radius 2 is 2.33 bits per heavy atom. The van der Waals surface area contributed by atoms with Crippen LogP contribution < -0.4 is 5.73 Å². The summed E-state index contributed by atoms with van der Waals surface area (Å²) in [5.74, 6) is 4.25. The summed E-state index contributed by atoms with van der Waals surface area (Å²) in [5.41, 5.74) is 8.60. The minimum Gasteiger partial charge on any atom is -0.331 e. The first-order valence-corrected chi connectivity index (χ1v) is 7.65. The fourth-order valence-corrected chi connectivity index (χ4v) is 4.00. The van der Waals surface area contributed by atoms with Gasteiger partial charge in [0.1, 0.15) is 5.82 Å². The lowest BCUT2D eigenvalue weighted by Gasteiger charge is -2.17. The van der Waals surface area contributed by atoms with Gasteiger partial charge in [0.25, 0.3) is 0 Å². The molecule has 2 N–H and O–H groups in total. The van der Waals surface area contributed by atoms with E-state index in [0.29, 0.717) is 5.92 Å². The lowest BCUT2D eigenvalue weighted by atomic mass is 9.97. The molecule has 0 bridgehead atoms. The van der Waals surface area contributed by atoms with Gasteiger partial charge in [0.15, 0.2) is 0 Å². The van der Waals surface area contributed by atoms with Crippen molar-refractivity contribution < 1.29 is 0 Å². The van der Waals surface area contributed by atoms with Crippen LogP contribution in [0.25, 0.3) is 11.0 Å². The molecule has 1 saturated heterocycles. The third-order valence-electron chi connectivity index (χ3n) is 3.87. The number of aromatic nitrogens is 2. The smallest absolute Gasteiger partial charge is 0.111 e. The van der Waals surface area contributed by atoms with E-state index in [1.165, 1.54) is 23.4 Å². The highest BCUT2D eigenvalue weighted by atomic mass is 32.2. The second kappa shape index (κ2) is 4.94. The van der Waals surface area contributed by atoms with Crippen LogP contribution in [-0.4, -0.2) is 27.1 Å². The van der Waals surface area contributed by atoms with Gasteiger partial charge in [0.05, 0.1) is 11.0 Å². The molecule has 1 fully saturated rings. The maximum absolute atomic E-state index is 6.34. The standard InChI is InChI=1S/C14H19N3S/c1-17-13-5-3-2-4-12(13)16-14(17)8-11(15)10-6-7-18-9-10/h2-5,10-11H,6-9,15H2,1H3. The largest absolute Gasteiger partial charge is 0.331 e. The van der Waals surface area contributed by atoms with Crippen molar-refractivity contribution in [3.63, 3.8) is 0 Å². The van der Waals surface area contributed by atoms with Gasteiger partial charge in [0, 0.05) is 19.5 Å². The molecule has 2 unspecified atom stereocenters. The van der Waals surface area contributed by atoms with Gasteiger partial charge in [-0.25, -0.2) is 4.98 Å². The number of hydrogen-bond acceptors (Lipinski definition) is 3. The molecule has 2 aromatic rings. The molecule has 3 rings (SSSR count). The Labute approximate surface area is 112 Å². The van der Waals surface area contributed by atoms with Gasteiger partial charge < -0.3 is 10.3 Å². The van der Waals surface area contributed by atoms with Crippen LogP contribution in [0.2, 0.25) is 0 Å². The number of fused-ring (bicyclic) bond motifs is 1. The number of aryl methyl sites for hydroxylation is 1. The molecule has 2 atom stereocenters. The maximum atomic E-state index is 6.34. The number of benzene rings is 1. The second-order valence-electron chi connectivity index (χ2n) is 5.07. The van der Waals surface area contributed by atoms with E-state index in [1.807, 2.05) is 17.8 Å².